The van der Waals surface area contributed by atoms with Crippen molar-refractivity contribution in [2.45, 2.75) is 44.1 Å². The molecule has 7 heteroatoms. The Morgan fingerprint density at radius 1 is 1.24 bits per heavy atom. The summed E-state index contributed by atoms with van der Waals surface area (Å²) >= 11 is 0. The van der Waals surface area contributed by atoms with Crippen molar-refractivity contribution in [2.24, 2.45) is 0 Å². The van der Waals surface area contributed by atoms with Gasteiger partial charge in [0.25, 0.3) is 0 Å². The number of aromatic nitrogens is 4. The monoisotopic (exact) mass is 342 g/mol. The van der Waals surface area contributed by atoms with Crippen molar-refractivity contribution in [1.82, 2.24) is 19.7 Å². The number of anilines is 2. The Morgan fingerprint density at radius 2 is 2.16 bits per heavy atom. The highest BCUT2D eigenvalue weighted by molar-refractivity contribution is 5.43. The maximum absolute atomic E-state index is 5.49. The minimum atomic E-state index is 0.376. The van der Waals surface area contributed by atoms with Crippen LogP contribution in [0.2, 0.25) is 0 Å². The lowest BCUT2D eigenvalue weighted by molar-refractivity contribution is 0.193. The summed E-state index contributed by atoms with van der Waals surface area (Å²) in [5.41, 5.74) is 2.45. The van der Waals surface area contributed by atoms with Crippen molar-refractivity contribution in [3.63, 3.8) is 0 Å². The third kappa shape index (κ3) is 3.92. The molecule has 0 aromatic carbocycles. The predicted octanol–water partition coefficient (Wildman–Crippen LogP) is 2.60. The Bertz CT molecular complexity index is 705. The van der Waals surface area contributed by atoms with Crippen molar-refractivity contribution in [1.29, 1.82) is 0 Å². The lowest BCUT2D eigenvalue weighted by Crippen LogP contribution is -2.12. The van der Waals surface area contributed by atoms with Crippen LogP contribution in [0.3, 0.4) is 0 Å². The van der Waals surface area contributed by atoms with Crippen LogP contribution in [0.1, 0.15) is 48.9 Å². The number of nitrogens with one attached hydrogen (secondary N) is 2. The van der Waals surface area contributed by atoms with Crippen molar-refractivity contribution < 1.29 is 4.74 Å². The van der Waals surface area contributed by atoms with Gasteiger partial charge in [-0.05, 0) is 31.7 Å². The van der Waals surface area contributed by atoms with Gasteiger partial charge in [0.15, 0.2) is 0 Å². The van der Waals surface area contributed by atoms with Crippen LogP contribution >= 0.6 is 0 Å². The highest BCUT2D eigenvalue weighted by atomic mass is 16.5. The summed E-state index contributed by atoms with van der Waals surface area (Å²) in [6, 6.07) is 4.22. The molecule has 4 rings (SSSR count). The largest absolute Gasteiger partial charge is 0.381 e. The average Bonchev–Trinajstić information content (AvgIpc) is 3.13. The van der Waals surface area contributed by atoms with E-state index in [9.17, 15) is 0 Å². The minimum Gasteiger partial charge on any atom is -0.381 e. The zero-order valence-electron chi connectivity index (χ0n) is 14.7. The molecular formula is C18H26N6O. The number of nitrogens with zero attached hydrogens (tertiary/aromatic N) is 4. The molecule has 2 fully saturated rings. The van der Waals surface area contributed by atoms with Gasteiger partial charge in [-0.25, -0.2) is 4.98 Å². The molecule has 3 heterocycles. The molecular weight excluding hydrogens is 316 g/mol. The summed E-state index contributed by atoms with van der Waals surface area (Å²) in [4.78, 5) is 9.10. The highest BCUT2D eigenvalue weighted by Crippen LogP contribution is 2.39. The summed E-state index contributed by atoms with van der Waals surface area (Å²) < 4.78 is 7.64. The first-order valence-corrected chi connectivity index (χ1v) is 9.23. The molecule has 1 unspecified atom stereocenters. The molecule has 0 radical (unpaired) electrons. The van der Waals surface area contributed by atoms with Gasteiger partial charge < -0.3 is 15.4 Å². The molecule has 1 saturated carbocycles. The third-order valence-corrected chi connectivity index (χ3v) is 4.92. The highest BCUT2D eigenvalue weighted by Gasteiger charge is 2.26. The molecule has 0 amide bonds. The second kappa shape index (κ2) is 7.39. The molecule has 2 N–H and O–H groups in total. The van der Waals surface area contributed by atoms with Crippen molar-refractivity contribution >= 4 is 11.8 Å². The molecule has 1 aliphatic carbocycles. The zero-order valence-corrected chi connectivity index (χ0v) is 14.7. The van der Waals surface area contributed by atoms with Gasteiger partial charge in [-0.15, -0.1) is 0 Å². The van der Waals surface area contributed by atoms with Gasteiger partial charge in [0, 0.05) is 56.5 Å². The summed E-state index contributed by atoms with van der Waals surface area (Å²) in [6.07, 6.45) is 6.59. The Labute approximate surface area is 148 Å². The Morgan fingerprint density at radius 3 is 2.92 bits per heavy atom. The van der Waals surface area contributed by atoms with Crippen LogP contribution in [0.25, 0.3) is 0 Å². The van der Waals surface area contributed by atoms with Crippen LogP contribution in [0, 0.1) is 0 Å². The van der Waals surface area contributed by atoms with E-state index in [2.05, 4.69) is 42.5 Å². The minimum absolute atomic E-state index is 0.376. The number of ether oxygens (including phenoxy) is 1. The lowest BCUT2D eigenvalue weighted by Gasteiger charge is -2.13. The summed E-state index contributed by atoms with van der Waals surface area (Å²) in [7, 11) is 1.85. The molecule has 0 bridgehead atoms. The van der Waals surface area contributed by atoms with E-state index in [0.717, 1.165) is 56.6 Å². The van der Waals surface area contributed by atoms with E-state index in [0.29, 0.717) is 11.9 Å². The van der Waals surface area contributed by atoms with Crippen LogP contribution in [0.15, 0.2) is 18.3 Å². The van der Waals surface area contributed by atoms with Crippen LogP contribution in [0.5, 0.6) is 0 Å². The summed E-state index contributed by atoms with van der Waals surface area (Å²) in [5, 5.41) is 10.9. The van der Waals surface area contributed by atoms with Gasteiger partial charge >= 0.3 is 0 Å². The van der Waals surface area contributed by atoms with E-state index in [1.165, 1.54) is 18.5 Å². The molecule has 7 nitrogen and oxygen atoms in total. The number of hydrogen-bond donors (Lipinski definition) is 2. The fraction of sp³-hybridized carbons (Fsp3) is 0.611. The fourth-order valence-electron chi connectivity index (χ4n) is 3.35. The number of rotatable bonds is 8. The van der Waals surface area contributed by atoms with E-state index in [1.807, 2.05) is 13.2 Å². The first-order valence-electron chi connectivity index (χ1n) is 9.23. The van der Waals surface area contributed by atoms with E-state index in [-0.39, 0.29) is 0 Å². The molecule has 134 valence electrons. The predicted molar refractivity (Wildman–Crippen MR) is 97.1 cm³/mol. The molecule has 2 aliphatic rings. The second-order valence-electron chi connectivity index (χ2n) is 6.85. The van der Waals surface area contributed by atoms with Gasteiger partial charge in [0.1, 0.15) is 5.82 Å². The van der Waals surface area contributed by atoms with Crippen LogP contribution in [-0.2, 0) is 11.3 Å². The average molecular weight is 342 g/mol. The van der Waals surface area contributed by atoms with Gasteiger partial charge in [-0.2, -0.15) is 10.1 Å². The Balaban J connectivity index is 1.33. The van der Waals surface area contributed by atoms with Crippen LogP contribution in [0.4, 0.5) is 11.8 Å². The van der Waals surface area contributed by atoms with Crippen LogP contribution in [-0.4, -0.2) is 46.6 Å². The van der Waals surface area contributed by atoms with E-state index in [1.54, 1.807) is 0 Å². The second-order valence-corrected chi connectivity index (χ2v) is 6.85. The zero-order chi connectivity index (χ0) is 17.1. The van der Waals surface area contributed by atoms with Crippen molar-refractivity contribution in [3.05, 3.63) is 29.7 Å². The molecule has 2 aromatic heterocycles. The first kappa shape index (κ1) is 16.3. The fourth-order valence-corrected chi connectivity index (χ4v) is 3.35. The number of hydrogen-bond acceptors (Lipinski definition) is 6. The standard InChI is InChI=1S/C18H26N6O/c1-19-18-22-15(14-6-10-25-12-14)11-17(23-18)20-7-2-9-24-16(5-8-21-24)13-3-4-13/h5,8,11,13-14H,2-4,6-7,9-10,12H2,1H3,(H2,19,20,22,23). The maximum atomic E-state index is 5.49. The topological polar surface area (TPSA) is 76.9 Å². The normalized spacial score (nSPS) is 20.0. The van der Waals surface area contributed by atoms with E-state index < -0.39 is 0 Å². The summed E-state index contributed by atoms with van der Waals surface area (Å²) in [6.45, 7) is 3.38. The van der Waals surface area contributed by atoms with E-state index >= 15 is 0 Å². The van der Waals surface area contributed by atoms with Gasteiger partial charge in [0.05, 0.1) is 12.3 Å². The van der Waals surface area contributed by atoms with Gasteiger partial charge in [-0.1, -0.05) is 0 Å². The molecule has 1 aliphatic heterocycles. The number of aryl methyl sites for hydroxylation is 1. The summed E-state index contributed by atoms with van der Waals surface area (Å²) in [5.74, 6) is 2.66. The van der Waals surface area contributed by atoms with Crippen molar-refractivity contribution in [2.75, 3.05) is 37.4 Å². The quantitative estimate of drug-likeness (QED) is 0.718. The van der Waals surface area contributed by atoms with Gasteiger partial charge in [-0.3, -0.25) is 4.68 Å². The molecule has 0 spiro atoms. The Kier molecular flexibility index (Phi) is 4.83. The lowest BCUT2D eigenvalue weighted by atomic mass is 10.0. The van der Waals surface area contributed by atoms with Gasteiger partial charge in [0.2, 0.25) is 5.95 Å². The molecule has 25 heavy (non-hydrogen) atoms. The smallest absolute Gasteiger partial charge is 0.224 e. The third-order valence-electron chi connectivity index (χ3n) is 4.92. The Hall–Kier alpha value is -2.15. The van der Waals surface area contributed by atoms with Crippen LogP contribution < -0.4 is 10.6 Å². The van der Waals surface area contributed by atoms with E-state index in [4.69, 9.17) is 4.74 Å². The van der Waals surface area contributed by atoms with Crippen molar-refractivity contribution in [3.8, 4) is 0 Å². The molecule has 2 aromatic rings. The first-order chi connectivity index (χ1) is 12.3. The molecule has 1 atom stereocenters. The maximum Gasteiger partial charge on any atom is 0.224 e. The SMILES string of the molecule is CNc1nc(NCCCn2nccc2C2CC2)cc(C2CCOC2)n1. The molecule has 1 saturated heterocycles.